The van der Waals surface area contributed by atoms with Crippen LogP contribution in [0.15, 0.2) is 0 Å². The highest BCUT2D eigenvalue weighted by Crippen LogP contribution is 2.34. The number of aliphatic hydroxyl groups is 1. The predicted octanol–water partition coefficient (Wildman–Crippen LogP) is 3.42. The first-order chi connectivity index (χ1) is 8.04. The molecule has 0 bridgehead atoms. The summed E-state index contributed by atoms with van der Waals surface area (Å²) in [4.78, 5) is 7.88. The monoisotopic (exact) mass is 270 g/mol. The predicted molar refractivity (Wildman–Crippen MR) is 79.5 cm³/mol. The fourth-order valence-electron chi connectivity index (χ4n) is 1.97. The Balaban J connectivity index is 3.02. The Bertz CT molecular complexity index is 399. The van der Waals surface area contributed by atoms with Crippen molar-refractivity contribution in [3.63, 3.8) is 0 Å². The van der Waals surface area contributed by atoms with Crippen LogP contribution in [-0.4, -0.2) is 23.7 Å². The van der Waals surface area contributed by atoms with Crippen LogP contribution in [0, 0.1) is 5.41 Å². The van der Waals surface area contributed by atoms with Crippen LogP contribution in [0.25, 0.3) is 0 Å². The molecule has 0 atom stereocenters. The van der Waals surface area contributed by atoms with E-state index in [1.165, 1.54) is 0 Å². The molecule has 1 heterocycles. The van der Waals surface area contributed by atoms with E-state index in [-0.39, 0.29) is 17.4 Å². The second kappa shape index (κ2) is 5.17. The van der Waals surface area contributed by atoms with E-state index in [9.17, 15) is 5.11 Å². The topological polar surface area (TPSA) is 36.4 Å². The number of thiazole rings is 1. The Kier molecular flexibility index (Phi) is 4.44. The Labute approximate surface area is 115 Å². The van der Waals surface area contributed by atoms with Gasteiger partial charge in [-0.05, 0) is 5.41 Å². The van der Waals surface area contributed by atoms with Crippen molar-refractivity contribution in [1.29, 1.82) is 0 Å². The molecule has 0 radical (unpaired) electrons. The molecule has 0 fully saturated rings. The average Bonchev–Trinajstić information content (AvgIpc) is 2.57. The van der Waals surface area contributed by atoms with E-state index in [4.69, 9.17) is 4.98 Å². The molecule has 0 amide bonds. The number of rotatable bonds is 3. The average molecular weight is 270 g/mol. The van der Waals surface area contributed by atoms with Gasteiger partial charge in [-0.25, -0.2) is 4.98 Å². The molecule has 0 aliphatic rings. The highest BCUT2D eigenvalue weighted by atomic mass is 32.1. The molecule has 3 nitrogen and oxygen atoms in total. The molecule has 18 heavy (non-hydrogen) atoms. The van der Waals surface area contributed by atoms with Gasteiger partial charge in [-0.15, -0.1) is 0 Å². The summed E-state index contributed by atoms with van der Waals surface area (Å²) in [5.41, 5.74) is 1.24. The molecule has 0 unspecified atom stereocenters. The Morgan fingerprint density at radius 3 is 2.06 bits per heavy atom. The maximum Gasteiger partial charge on any atom is 0.185 e. The van der Waals surface area contributed by atoms with Gasteiger partial charge in [0.1, 0.15) is 0 Å². The van der Waals surface area contributed by atoms with Gasteiger partial charge in [-0.1, -0.05) is 52.9 Å². The Morgan fingerprint density at radius 2 is 1.72 bits per heavy atom. The Morgan fingerprint density at radius 1 is 1.17 bits per heavy atom. The molecular weight excluding hydrogens is 244 g/mol. The summed E-state index contributed by atoms with van der Waals surface area (Å²) in [6.45, 7) is 14.1. The number of aromatic nitrogens is 1. The largest absolute Gasteiger partial charge is 0.391 e. The molecule has 0 aliphatic carbocycles. The van der Waals surface area contributed by atoms with Gasteiger partial charge in [-0.2, -0.15) is 0 Å². The van der Waals surface area contributed by atoms with Gasteiger partial charge in [-0.3, -0.25) is 0 Å². The molecule has 104 valence electrons. The van der Waals surface area contributed by atoms with Gasteiger partial charge in [0.2, 0.25) is 0 Å². The first-order valence-electron chi connectivity index (χ1n) is 6.37. The minimum atomic E-state index is -0.0185. The molecule has 0 spiro atoms. The fourth-order valence-corrected chi connectivity index (χ4v) is 3.07. The van der Waals surface area contributed by atoms with Crippen LogP contribution in [0.3, 0.4) is 0 Å². The summed E-state index contributed by atoms with van der Waals surface area (Å²) in [5, 5.41) is 10.5. The van der Waals surface area contributed by atoms with Crippen LogP contribution in [0.5, 0.6) is 0 Å². The van der Waals surface area contributed by atoms with Crippen LogP contribution >= 0.6 is 11.3 Å². The SMILES string of the molecule is CN(CC(C)(C)C)c1nc(C(C)(C)C)c(CO)s1. The van der Waals surface area contributed by atoms with Gasteiger partial charge in [0.15, 0.2) is 5.13 Å². The van der Waals surface area contributed by atoms with Crippen molar-refractivity contribution in [3.05, 3.63) is 10.6 Å². The lowest BCUT2D eigenvalue weighted by atomic mass is 9.91. The number of anilines is 1. The van der Waals surface area contributed by atoms with E-state index in [0.717, 1.165) is 22.2 Å². The zero-order chi connectivity index (χ0) is 14.1. The molecule has 1 rings (SSSR count). The highest BCUT2D eigenvalue weighted by Gasteiger charge is 2.25. The van der Waals surface area contributed by atoms with E-state index in [2.05, 4.69) is 53.5 Å². The summed E-state index contributed by atoms with van der Waals surface area (Å²) in [6, 6.07) is 0. The van der Waals surface area contributed by atoms with E-state index in [1.54, 1.807) is 11.3 Å². The Hall–Kier alpha value is -0.610. The third kappa shape index (κ3) is 3.95. The maximum absolute atomic E-state index is 9.46. The normalized spacial score (nSPS) is 12.9. The minimum Gasteiger partial charge on any atom is -0.391 e. The van der Waals surface area contributed by atoms with Crippen LogP contribution in [0.1, 0.15) is 52.1 Å². The van der Waals surface area contributed by atoms with E-state index >= 15 is 0 Å². The smallest absolute Gasteiger partial charge is 0.185 e. The van der Waals surface area contributed by atoms with Crippen molar-refractivity contribution in [2.75, 3.05) is 18.5 Å². The van der Waals surface area contributed by atoms with Crippen LogP contribution in [-0.2, 0) is 12.0 Å². The first kappa shape index (κ1) is 15.4. The molecular formula is C14H26N2OS. The molecule has 1 N–H and O–H groups in total. The standard InChI is InChI=1S/C14H26N2OS/c1-13(2,3)9-16(7)12-15-11(14(4,5)6)10(8-17)18-12/h17H,8-9H2,1-7H3. The number of aliphatic hydroxyl groups excluding tert-OH is 1. The molecule has 0 saturated heterocycles. The number of hydrogen-bond donors (Lipinski definition) is 1. The zero-order valence-corrected chi connectivity index (χ0v) is 13.5. The summed E-state index contributed by atoms with van der Waals surface area (Å²) in [5.74, 6) is 0. The molecule has 0 aliphatic heterocycles. The van der Waals surface area contributed by atoms with Crippen molar-refractivity contribution >= 4 is 16.5 Å². The summed E-state index contributed by atoms with van der Waals surface area (Å²) >= 11 is 1.60. The minimum absolute atomic E-state index is 0.0185. The molecule has 4 heteroatoms. The second-order valence-electron chi connectivity index (χ2n) is 7.09. The van der Waals surface area contributed by atoms with E-state index < -0.39 is 0 Å². The lowest BCUT2D eigenvalue weighted by Crippen LogP contribution is -2.29. The molecule has 1 aromatic heterocycles. The molecule has 0 aromatic carbocycles. The molecule has 1 aromatic rings. The summed E-state index contributed by atoms with van der Waals surface area (Å²) in [6.07, 6.45) is 0. The van der Waals surface area contributed by atoms with Gasteiger partial charge in [0.05, 0.1) is 17.2 Å². The van der Waals surface area contributed by atoms with E-state index in [1.807, 2.05) is 0 Å². The van der Waals surface area contributed by atoms with Crippen LogP contribution < -0.4 is 4.90 Å². The van der Waals surface area contributed by atoms with Gasteiger partial charge >= 0.3 is 0 Å². The van der Waals surface area contributed by atoms with Crippen LogP contribution in [0.2, 0.25) is 0 Å². The van der Waals surface area contributed by atoms with Gasteiger partial charge in [0.25, 0.3) is 0 Å². The van der Waals surface area contributed by atoms with Crippen molar-refractivity contribution in [1.82, 2.24) is 4.98 Å². The van der Waals surface area contributed by atoms with Crippen molar-refractivity contribution in [2.24, 2.45) is 5.41 Å². The fraction of sp³-hybridized carbons (Fsp3) is 0.786. The number of nitrogens with zero attached hydrogens (tertiary/aromatic N) is 2. The van der Waals surface area contributed by atoms with Gasteiger partial charge in [0, 0.05) is 19.0 Å². The van der Waals surface area contributed by atoms with E-state index in [0.29, 0.717) is 0 Å². The lowest BCUT2D eigenvalue weighted by molar-refractivity contribution is 0.282. The van der Waals surface area contributed by atoms with Crippen molar-refractivity contribution in [2.45, 2.75) is 53.6 Å². The zero-order valence-electron chi connectivity index (χ0n) is 12.7. The molecule has 0 saturated carbocycles. The van der Waals surface area contributed by atoms with Crippen molar-refractivity contribution in [3.8, 4) is 0 Å². The summed E-state index contributed by atoms with van der Waals surface area (Å²) in [7, 11) is 2.07. The highest BCUT2D eigenvalue weighted by molar-refractivity contribution is 7.15. The third-order valence-electron chi connectivity index (χ3n) is 2.58. The van der Waals surface area contributed by atoms with Gasteiger partial charge < -0.3 is 10.0 Å². The quantitative estimate of drug-likeness (QED) is 0.914. The van der Waals surface area contributed by atoms with Crippen LogP contribution in [0.4, 0.5) is 5.13 Å². The third-order valence-corrected chi connectivity index (χ3v) is 3.73. The first-order valence-corrected chi connectivity index (χ1v) is 7.18. The maximum atomic E-state index is 9.46. The lowest BCUT2D eigenvalue weighted by Gasteiger charge is -2.26. The summed E-state index contributed by atoms with van der Waals surface area (Å²) < 4.78 is 0. The number of hydrogen-bond acceptors (Lipinski definition) is 4. The second-order valence-corrected chi connectivity index (χ2v) is 8.16. The van der Waals surface area contributed by atoms with Crippen molar-refractivity contribution < 1.29 is 5.11 Å².